The van der Waals surface area contributed by atoms with Crippen LogP contribution < -0.4 is 5.32 Å². The van der Waals surface area contributed by atoms with E-state index in [0.717, 1.165) is 0 Å². The number of hydrogen-bond donors (Lipinski definition) is 1. The number of nitrogens with one attached hydrogen (secondary N) is 1. The van der Waals surface area contributed by atoms with Gasteiger partial charge in [-0.3, -0.25) is 4.79 Å². The molecule has 1 aromatic carbocycles. The molecule has 92 valence electrons. The lowest BCUT2D eigenvalue weighted by atomic mass is 10.3. The van der Waals surface area contributed by atoms with Gasteiger partial charge in [0.2, 0.25) is 0 Å². The van der Waals surface area contributed by atoms with Gasteiger partial charge in [0.05, 0.1) is 5.69 Å². The molecular formula is C12H7Br2FN2O. The molecule has 0 bridgehead atoms. The smallest absolute Gasteiger partial charge is 0.274 e. The van der Waals surface area contributed by atoms with E-state index in [0.29, 0.717) is 9.08 Å². The van der Waals surface area contributed by atoms with Crippen LogP contribution in [0.1, 0.15) is 10.5 Å². The van der Waals surface area contributed by atoms with Crippen molar-refractivity contribution >= 4 is 43.5 Å². The molecule has 1 amide bonds. The van der Waals surface area contributed by atoms with Crippen LogP contribution in [0.5, 0.6) is 0 Å². The summed E-state index contributed by atoms with van der Waals surface area (Å²) in [5.41, 5.74) is 0.319. The van der Waals surface area contributed by atoms with Gasteiger partial charge in [-0.15, -0.1) is 0 Å². The monoisotopic (exact) mass is 372 g/mol. The van der Waals surface area contributed by atoms with Crippen LogP contribution in [0, 0.1) is 5.82 Å². The van der Waals surface area contributed by atoms with Crippen LogP contribution in [0.15, 0.2) is 45.5 Å². The van der Waals surface area contributed by atoms with Crippen molar-refractivity contribution in [2.45, 2.75) is 0 Å². The van der Waals surface area contributed by atoms with E-state index in [2.05, 4.69) is 42.2 Å². The number of carbonyl (C=O) groups is 1. The van der Waals surface area contributed by atoms with Gasteiger partial charge < -0.3 is 5.32 Å². The quantitative estimate of drug-likeness (QED) is 0.808. The molecule has 0 spiro atoms. The summed E-state index contributed by atoms with van der Waals surface area (Å²) in [6, 6.07) is 9.26. The number of carbonyl (C=O) groups excluding carboxylic acids is 1. The summed E-state index contributed by atoms with van der Waals surface area (Å²) in [7, 11) is 0. The molecule has 0 saturated heterocycles. The normalized spacial score (nSPS) is 10.2. The Morgan fingerprint density at radius 3 is 2.72 bits per heavy atom. The van der Waals surface area contributed by atoms with Crippen LogP contribution >= 0.6 is 31.9 Å². The van der Waals surface area contributed by atoms with Gasteiger partial charge in [-0.25, -0.2) is 9.37 Å². The Balaban J connectivity index is 2.24. The Morgan fingerprint density at radius 1 is 1.22 bits per heavy atom. The molecule has 0 saturated carbocycles. The first kappa shape index (κ1) is 13.2. The fraction of sp³-hybridized carbons (Fsp3) is 0. The van der Waals surface area contributed by atoms with Gasteiger partial charge >= 0.3 is 0 Å². The highest BCUT2D eigenvalue weighted by Gasteiger charge is 2.11. The molecule has 1 aromatic heterocycles. The van der Waals surface area contributed by atoms with Gasteiger partial charge in [-0.05, 0) is 46.3 Å². The molecule has 1 N–H and O–H groups in total. The lowest BCUT2D eigenvalue weighted by Crippen LogP contribution is -2.14. The van der Waals surface area contributed by atoms with Crippen molar-refractivity contribution < 1.29 is 9.18 Å². The maximum absolute atomic E-state index is 13.5. The fourth-order valence-electron chi connectivity index (χ4n) is 1.31. The molecule has 18 heavy (non-hydrogen) atoms. The van der Waals surface area contributed by atoms with Crippen LogP contribution in [0.2, 0.25) is 0 Å². The molecular weight excluding hydrogens is 367 g/mol. The lowest BCUT2D eigenvalue weighted by molar-refractivity contribution is 0.102. The van der Waals surface area contributed by atoms with Crippen LogP contribution in [-0.4, -0.2) is 10.9 Å². The molecule has 0 radical (unpaired) electrons. The molecule has 0 fully saturated rings. The third-order valence-corrected chi connectivity index (χ3v) is 3.06. The van der Waals surface area contributed by atoms with Crippen LogP contribution in [0.25, 0.3) is 0 Å². The number of aromatic nitrogens is 1. The van der Waals surface area contributed by atoms with Gasteiger partial charge in [0.15, 0.2) is 0 Å². The summed E-state index contributed by atoms with van der Waals surface area (Å²) >= 11 is 6.38. The zero-order valence-corrected chi connectivity index (χ0v) is 12.1. The van der Waals surface area contributed by atoms with Crippen molar-refractivity contribution in [2.75, 3.05) is 5.32 Å². The van der Waals surface area contributed by atoms with E-state index in [1.54, 1.807) is 24.3 Å². The number of amides is 1. The van der Waals surface area contributed by atoms with Gasteiger partial charge in [0, 0.05) is 4.47 Å². The van der Waals surface area contributed by atoms with Gasteiger partial charge in [0.25, 0.3) is 5.91 Å². The molecule has 2 aromatic rings. The number of anilines is 1. The summed E-state index contributed by atoms with van der Waals surface area (Å²) in [6.45, 7) is 0. The first-order valence-corrected chi connectivity index (χ1v) is 6.54. The SMILES string of the molecule is O=C(Nc1cc(Br)ccc1F)c1cccc(Br)n1. The minimum absolute atomic E-state index is 0.108. The first-order chi connectivity index (χ1) is 8.56. The van der Waals surface area contributed by atoms with Crippen molar-refractivity contribution in [3.63, 3.8) is 0 Å². The molecule has 0 aliphatic carbocycles. The first-order valence-electron chi connectivity index (χ1n) is 4.95. The minimum atomic E-state index is -0.499. The summed E-state index contributed by atoms with van der Waals surface area (Å²) in [5.74, 6) is -0.963. The highest BCUT2D eigenvalue weighted by atomic mass is 79.9. The second-order valence-corrected chi connectivity index (χ2v) is 5.15. The van der Waals surface area contributed by atoms with E-state index in [-0.39, 0.29) is 11.4 Å². The molecule has 1 heterocycles. The Kier molecular flexibility index (Phi) is 4.08. The maximum atomic E-state index is 13.5. The molecule has 3 nitrogen and oxygen atoms in total. The predicted molar refractivity (Wildman–Crippen MR) is 74.0 cm³/mol. The lowest BCUT2D eigenvalue weighted by Gasteiger charge is -2.06. The summed E-state index contributed by atoms with van der Waals surface area (Å²) in [5, 5.41) is 2.47. The second kappa shape index (κ2) is 5.58. The van der Waals surface area contributed by atoms with Gasteiger partial charge in [0.1, 0.15) is 16.1 Å². The van der Waals surface area contributed by atoms with Crippen molar-refractivity contribution in [1.29, 1.82) is 0 Å². The van der Waals surface area contributed by atoms with E-state index in [9.17, 15) is 9.18 Å². The van der Waals surface area contributed by atoms with E-state index in [4.69, 9.17) is 0 Å². The molecule has 0 unspecified atom stereocenters. The molecule has 2 rings (SSSR count). The third-order valence-electron chi connectivity index (χ3n) is 2.12. The number of benzene rings is 1. The zero-order chi connectivity index (χ0) is 13.1. The third kappa shape index (κ3) is 3.14. The number of rotatable bonds is 2. The number of nitrogens with zero attached hydrogens (tertiary/aromatic N) is 1. The van der Waals surface area contributed by atoms with Crippen molar-refractivity contribution in [3.8, 4) is 0 Å². The maximum Gasteiger partial charge on any atom is 0.274 e. The summed E-state index contributed by atoms with van der Waals surface area (Å²) in [6.07, 6.45) is 0. The highest BCUT2D eigenvalue weighted by molar-refractivity contribution is 9.10. The molecule has 0 atom stereocenters. The summed E-state index contributed by atoms with van der Waals surface area (Å²) < 4.78 is 14.7. The van der Waals surface area contributed by atoms with Gasteiger partial charge in [-0.1, -0.05) is 22.0 Å². The van der Waals surface area contributed by atoms with Crippen molar-refractivity contribution in [2.24, 2.45) is 0 Å². The van der Waals surface area contributed by atoms with Crippen LogP contribution in [0.3, 0.4) is 0 Å². The largest absolute Gasteiger partial charge is 0.318 e. The molecule has 0 aliphatic rings. The van der Waals surface area contributed by atoms with Crippen molar-refractivity contribution in [1.82, 2.24) is 4.98 Å². The average Bonchev–Trinajstić information content (AvgIpc) is 2.34. The Labute approximate surface area is 120 Å². The molecule has 6 heteroatoms. The topological polar surface area (TPSA) is 42.0 Å². The van der Waals surface area contributed by atoms with Crippen LogP contribution in [0.4, 0.5) is 10.1 Å². The van der Waals surface area contributed by atoms with Crippen LogP contribution in [-0.2, 0) is 0 Å². The molecule has 0 aliphatic heterocycles. The van der Waals surface area contributed by atoms with Crippen molar-refractivity contribution in [3.05, 3.63) is 57.0 Å². The number of hydrogen-bond acceptors (Lipinski definition) is 2. The zero-order valence-electron chi connectivity index (χ0n) is 8.95. The predicted octanol–water partition coefficient (Wildman–Crippen LogP) is 4.00. The Bertz CT molecular complexity index is 604. The average molecular weight is 374 g/mol. The highest BCUT2D eigenvalue weighted by Crippen LogP contribution is 2.20. The Morgan fingerprint density at radius 2 is 2.00 bits per heavy atom. The van der Waals surface area contributed by atoms with E-state index in [1.807, 2.05) is 0 Å². The second-order valence-electron chi connectivity index (χ2n) is 3.42. The van der Waals surface area contributed by atoms with E-state index in [1.165, 1.54) is 12.1 Å². The Hall–Kier alpha value is -1.27. The van der Waals surface area contributed by atoms with E-state index < -0.39 is 11.7 Å². The summed E-state index contributed by atoms with van der Waals surface area (Å²) in [4.78, 5) is 15.8. The standard InChI is InChI=1S/C12H7Br2FN2O/c13-7-4-5-8(15)10(6-7)17-12(18)9-2-1-3-11(14)16-9/h1-6H,(H,17,18). The van der Waals surface area contributed by atoms with Gasteiger partial charge in [-0.2, -0.15) is 0 Å². The minimum Gasteiger partial charge on any atom is -0.318 e. The number of pyridine rings is 1. The number of halogens is 3. The fourth-order valence-corrected chi connectivity index (χ4v) is 2.02. The van der Waals surface area contributed by atoms with E-state index >= 15 is 0 Å².